The molecule has 3 N–H and O–H groups in total. The Morgan fingerprint density at radius 1 is 1.23 bits per heavy atom. The lowest BCUT2D eigenvalue weighted by Crippen LogP contribution is -2.37. The number of halogens is 2. The summed E-state index contributed by atoms with van der Waals surface area (Å²) in [6.45, 7) is 1.79. The van der Waals surface area contributed by atoms with E-state index in [1.165, 1.54) is 0 Å². The van der Waals surface area contributed by atoms with Crippen LogP contribution in [0.5, 0.6) is 0 Å². The number of carbonyl (C=O) groups is 2. The van der Waals surface area contributed by atoms with Crippen LogP contribution in [0, 0.1) is 0 Å². The zero-order valence-corrected chi connectivity index (χ0v) is 13.8. The second kappa shape index (κ2) is 9.66. The van der Waals surface area contributed by atoms with Gasteiger partial charge in [-0.1, -0.05) is 23.7 Å². The van der Waals surface area contributed by atoms with Gasteiger partial charge in [0, 0.05) is 25.6 Å². The van der Waals surface area contributed by atoms with E-state index in [2.05, 4.69) is 16.0 Å². The highest BCUT2D eigenvalue weighted by Gasteiger charge is 2.17. The number of carbonyl (C=O) groups excluding carboxylic acids is 2. The Morgan fingerprint density at radius 3 is 2.64 bits per heavy atom. The summed E-state index contributed by atoms with van der Waals surface area (Å²) >= 11 is 5.94. The van der Waals surface area contributed by atoms with Gasteiger partial charge in [-0.3, -0.25) is 9.59 Å². The number of nitrogens with one attached hydrogen (secondary N) is 3. The Balaban J connectivity index is 0.00000242. The van der Waals surface area contributed by atoms with Crippen molar-refractivity contribution < 1.29 is 9.59 Å². The summed E-state index contributed by atoms with van der Waals surface area (Å²) in [4.78, 5) is 23.6. The highest BCUT2D eigenvalue weighted by molar-refractivity contribution is 6.33. The van der Waals surface area contributed by atoms with Gasteiger partial charge in [0.1, 0.15) is 0 Å². The van der Waals surface area contributed by atoms with E-state index in [-0.39, 0.29) is 24.2 Å². The fourth-order valence-corrected chi connectivity index (χ4v) is 2.57. The lowest BCUT2D eigenvalue weighted by atomic mass is 10.1. The number of benzene rings is 1. The van der Waals surface area contributed by atoms with Gasteiger partial charge in [0.05, 0.1) is 10.6 Å². The van der Waals surface area contributed by atoms with Crippen LogP contribution < -0.4 is 16.0 Å². The molecule has 0 aromatic heterocycles. The number of hydrogen-bond acceptors (Lipinski definition) is 3. The van der Waals surface area contributed by atoms with E-state index in [1.807, 2.05) is 0 Å². The SMILES string of the molecule is Cl.O=C(CC1CCCN1)NCCNC(=O)c1ccccc1Cl. The fourth-order valence-electron chi connectivity index (χ4n) is 2.35. The number of amides is 2. The molecule has 0 aliphatic carbocycles. The van der Waals surface area contributed by atoms with Crippen molar-refractivity contribution in [3.8, 4) is 0 Å². The summed E-state index contributed by atoms with van der Waals surface area (Å²) in [5, 5.41) is 9.24. The molecule has 1 aromatic carbocycles. The van der Waals surface area contributed by atoms with Crippen molar-refractivity contribution in [2.45, 2.75) is 25.3 Å². The Bertz CT molecular complexity index is 505. The van der Waals surface area contributed by atoms with Gasteiger partial charge in [0.15, 0.2) is 0 Å². The van der Waals surface area contributed by atoms with Gasteiger partial charge >= 0.3 is 0 Å². The second-order valence-corrected chi connectivity index (χ2v) is 5.49. The van der Waals surface area contributed by atoms with Crippen molar-refractivity contribution in [2.24, 2.45) is 0 Å². The zero-order valence-electron chi connectivity index (χ0n) is 12.2. The predicted octanol–water partition coefficient (Wildman–Crippen LogP) is 1.75. The molecule has 2 rings (SSSR count). The standard InChI is InChI=1S/C15H20ClN3O2.ClH/c16-13-6-2-1-5-12(13)15(21)19-9-8-18-14(20)10-11-4-3-7-17-11;/h1-2,5-6,11,17H,3-4,7-10H2,(H,18,20)(H,19,21);1H. The molecule has 1 aromatic rings. The molecule has 1 atom stereocenters. The maximum Gasteiger partial charge on any atom is 0.252 e. The van der Waals surface area contributed by atoms with Crippen LogP contribution in [0.1, 0.15) is 29.6 Å². The molecule has 1 unspecified atom stereocenters. The predicted molar refractivity (Wildman–Crippen MR) is 89.7 cm³/mol. The van der Waals surface area contributed by atoms with Crippen molar-refractivity contribution in [3.05, 3.63) is 34.9 Å². The van der Waals surface area contributed by atoms with Crippen molar-refractivity contribution in [1.82, 2.24) is 16.0 Å². The van der Waals surface area contributed by atoms with Crippen molar-refractivity contribution in [2.75, 3.05) is 19.6 Å². The largest absolute Gasteiger partial charge is 0.354 e. The van der Waals surface area contributed by atoms with Crippen LogP contribution >= 0.6 is 24.0 Å². The molecule has 0 bridgehead atoms. The fraction of sp³-hybridized carbons (Fsp3) is 0.467. The van der Waals surface area contributed by atoms with Crippen LogP contribution in [-0.4, -0.2) is 37.5 Å². The van der Waals surface area contributed by atoms with Crippen molar-refractivity contribution in [1.29, 1.82) is 0 Å². The van der Waals surface area contributed by atoms with E-state index in [1.54, 1.807) is 24.3 Å². The lowest BCUT2D eigenvalue weighted by Gasteiger charge is -2.11. The van der Waals surface area contributed by atoms with Gasteiger partial charge in [0.25, 0.3) is 5.91 Å². The van der Waals surface area contributed by atoms with Gasteiger partial charge < -0.3 is 16.0 Å². The summed E-state index contributed by atoms with van der Waals surface area (Å²) in [7, 11) is 0. The van der Waals surface area contributed by atoms with E-state index in [0.717, 1.165) is 19.4 Å². The van der Waals surface area contributed by atoms with E-state index in [9.17, 15) is 9.59 Å². The summed E-state index contributed by atoms with van der Waals surface area (Å²) in [5.41, 5.74) is 0.445. The maximum atomic E-state index is 11.9. The van der Waals surface area contributed by atoms with Crippen LogP contribution in [0.25, 0.3) is 0 Å². The maximum absolute atomic E-state index is 11.9. The van der Waals surface area contributed by atoms with Crippen LogP contribution in [-0.2, 0) is 4.79 Å². The molecular formula is C15H21Cl2N3O2. The monoisotopic (exact) mass is 345 g/mol. The molecule has 0 saturated carbocycles. The minimum absolute atomic E-state index is 0. The quantitative estimate of drug-likeness (QED) is 0.688. The van der Waals surface area contributed by atoms with E-state index < -0.39 is 0 Å². The molecule has 22 heavy (non-hydrogen) atoms. The average molecular weight is 346 g/mol. The van der Waals surface area contributed by atoms with E-state index >= 15 is 0 Å². The van der Waals surface area contributed by atoms with Crippen LogP contribution in [0.2, 0.25) is 5.02 Å². The van der Waals surface area contributed by atoms with Gasteiger partial charge in [-0.05, 0) is 31.5 Å². The summed E-state index contributed by atoms with van der Waals surface area (Å²) in [6.07, 6.45) is 2.68. The normalized spacial score (nSPS) is 16.7. The molecule has 0 spiro atoms. The third kappa shape index (κ3) is 5.83. The first-order chi connectivity index (χ1) is 10.2. The summed E-state index contributed by atoms with van der Waals surface area (Å²) in [5.74, 6) is -0.214. The third-order valence-electron chi connectivity index (χ3n) is 3.45. The molecule has 5 nitrogen and oxygen atoms in total. The molecule has 7 heteroatoms. The van der Waals surface area contributed by atoms with Gasteiger partial charge in [-0.15, -0.1) is 12.4 Å². The number of rotatable bonds is 6. The average Bonchev–Trinajstić information content (AvgIpc) is 2.96. The zero-order chi connectivity index (χ0) is 15.1. The molecule has 1 heterocycles. The van der Waals surface area contributed by atoms with Crippen LogP contribution in [0.4, 0.5) is 0 Å². The van der Waals surface area contributed by atoms with Crippen molar-refractivity contribution in [3.63, 3.8) is 0 Å². The second-order valence-electron chi connectivity index (χ2n) is 5.08. The molecule has 1 aliphatic heterocycles. The molecule has 0 radical (unpaired) electrons. The van der Waals surface area contributed by atoms with E-state index in [0.29, 0.717) is 36.1 Å². The molecule has 1 fully saturated rings. The topological polar surface area (TPSA) is 70.2 Å². The molecule has 1 aliphatic rings. The Labute approximate surface area is 141 Å². The summed E-state index contributed by atoms with van der Waals surface area (Å²) in [6, 6.07) is 7.17. The Hall–Kier alpha value is -1.30. The van der Waals surface area contributed by atoms with Gasteiger partial charge in [-0.2, -0.15) is 0 Å². The smallest absolute Gasteiger partial charge is 0.252 e. The minimum atomic E-state index is -0.229. The number of hydrogen-bond donors (Lipinski definition) is 3. The Kier molecular flexibility index (Phi) is 8.24. The van der Waals surface area contributed by atoms with Gasteiger partial charge in [0.2, 0.25) is 5.91 Å². The van der Waals surface area contributed by atoms with Crippen LogP contribution in [0.15, 0.2) is 24.3 Å². The molecule has 2 amide bonds. The van der Waals surface area contributed by atoms with Crippen molar-refractivity contribution >= 4 is 35.8 Å². The Morgan fingerprint density at radius 2 is 1.95 bits per heavy atom. The minimum Gasteiger partial charge on any atom is -0.354 e. The van der Waals surface area contributed by atoms with Gasteiger partial charge in [-0.25, -0.2) is 0 Å². The highest BCUT2D eigenvalue weighted by atomic mass is 35.5. The van der Waals surface area contributed by atoms with Crippen LogP contribution in [0.3, 0.4) is 0 Å². The molecule has 122 valence electrons. The first kappa shape index (κ1) is 18.7. The highest BCUT2D eigenvalue weighted by Crippen LogP contribution is 2.14. The molecular weight excluding hydrogens is 325 g/mol. The lowest BCUT2D eigenvalue weighted by molar-refractivity contribution is -0.121. The third-order valence-corrected chi connectivity index (χ3v) is 3.77. The first-order valence-electron chi connectivity index (χ1n) is 7.19. The van der Waals surface area contributed by atoms with E-state index in [4.69, 9.17) is 11.6 Å². The first-order valence-corrected chi connectivity index (χ1v) is 7.57. The molecule has 1 saturated heterocycles. The summed E-state index contributed by atoms with van der Waals surface area (Å²) < 4.78 is 0.